The highest BCUT2D eigenvalue weighted by molar-refractivity contribution is 6.15. The molecule has 0 fully saturated rings. The summed E-state index contributed by atoms with van der Waals surface area (Å²) in [5.74, 6) is 1.84. The van der Waals surface area contributed by atoms with Gasteiger partial charge in [0, 0.05) is 23.7 Å². The Labute approximate surface area is 198 Å². The number of imidazole rings is 1. The van der Waals surface area contributed by atoms with Crippen molar-refractivity contribution in [1.29, 1.82) is 0 Å². The van der Waals surface area contributed by atoms with Crippen molar-refractivity contribution in [2.24, 2.45) is 0 Å². The van der Waals surface area contributed by atoms with Gasteiger partial charge in [0.15, 0.2) is 17.2 Å². The highest BCUT2D eigenvalue weighted by Crippen LogP contribution is 2.57. The maximum atomic E-state index is 6.65. The van der Waals surface area contributed by atoms with Crippen LogP contribution in [-0.2, 0) is 5.66 Å². The number of para-hydroxylation sites is 2. The van der Waals surface area contributed by atoms with Crippen LogP contribution in [0.25, 0.3) is 49.7 Å². The molecule has 10 rings (SSSR count). The molecule has 0 saturated heterocycles. The van der Waals surface area contributed by atoms with Gasteiger partial charge in [0.05, 0.1) is 16.3 Å². The van der Waals surface area contributed by atoms with Crippen molar-refractivity contribution in [2.75, 3.05) is 0 Å². The summed E-state index contributed by atoms with van der Waals surface area (Å²) in [7, 11) is 0. The molecular weight excluding hydrogens is 432 g/mol. The molecule has 5 heteroatoms. The fourth-order valence-electron chi connectivity index (χ4n) is 7.14. The van der Waals surface area contributed by atoms with E-state index in [2.05, 4.69) is 98.6 Å². The highest BCUT2D eigenvalue weighted by atomic mass is 16.5. The molecule has 0 aliphatic carbocycles. The third-order valence-electron chi connectivity index (χ3n) is 8.22. The van der Waals surface area contributed by atoms with Gasteiger partial charge in [-0.2, -0.15) is 4.40 Å². The topological polar surface area (TPSA) is 34.3 Å². The number of benzene rings is 3. The SMILES string of the molecule is c1cc2c3c(c1)-c1cccc[n+]1C31c3c(ccc4c5cccnc5n5c6ccccc6[n+]1c5c34)O2. The Morgan fingerprint density at radius 1 is 0.771 bits per heavy atom. The Kier molecular flexibility index (Phi) is 2.47. The maximum Gasteiger partial charge on any atom is 0.372 e. The summed E-state index contributed by atoms with van der Waals surface area (Å²) in [4.78, 5) is 4.90. The summed E-state index contributed by atoms with van der Waals surface area (Å²) >= 11 is 0. The van der Waals surface area contributed by atoms with Gasteiger partial charge in [-0.05, 0) is 54.6 Å². The smallest absolute Gasteiger partial charge is 0.372 e. The van der Waals surface area contributed by atoms with Crippen LogP contribution in [0.2, 0.25) is 0 Å². The van der Waals surface area contributed by atoms with E-state index in [0.29, 0.717) is 0 Å². The quantitative estimate of drug-likeness (QED) is 0.240. The number of ether oxygens (including phenoxy) is 1. The predicted octanol–water partition coefficient (Wildman–Crippen LogP) is 5.07. The minimum Gasteiger partial charge on any atom is -0.456 e. The normalized spacial score (nSPS) is 18.1. The second-order valence-corrected chi connectivity index (χ2v) is 9.63. The second-order valence-electron chi connectivity index (χ2n) is 9.63. The van der Waals surface area contributed by atoms with Gasteiger partial charge in [0.1, 0.15) is 22.6 Å². The van der Waals surface area contributed by atoms with Crippen molar-refractivity contribution in [1.82, 2.24) is 9.38 Å². The lowest BCUT2D eigenvalue weighted by Crippen LogP contribution is -2.71. The Morgan fingerprint density at radius 2 is 1.69 bits per heavy atom. The molecule has 3 aromatic carbocycles. The number of hydrogen-bond acceptors (Lipinski definition) is 2. The Balaban J connectivity index is 1.63. The molecule has 3 aliphatic heterocycles. The lowest BCUT2D eigenvalue weighted by atomic mass is 9.85. The van der Waals surface area contributed by atoms with E-state index in [9.17, 15) is 0 Å². The van der Waals surface area contributed by atoms with Gasteiger partial charge in [-0.25, -0.2) is 4.98 Å². The van der Waals surface area contributed by atoms with Gasteiger partial charge in [-0.3, -0.25) is 0 Å². The van der Waals surface area contributed by atoms with Gasteiger partial charge in [0.25, 0.3) is 0 Å². The van der Waals surface area contributed by atoms with E-state index in [-0.39, 0.29) is 0 Å². The molecule has 4 aromatic heterocycles. The lowest BCUT2D eigenvalue weighted by Gasteiger charge is -2.28. The van der Waals surface area contributed by atoms with Crippen LogP contribution >= 0.6 is 0 Å². The third-order valence-corrected chi connectivity index (χ3v) is 8.22. The zero-order valence-corrected chi connectivity index (χ0v) is 18.4. The molecule has 1 unspecified atom stereocenters. The van der Waals surface area contributed by atoms with Crippen LogP contribution in [0.3, 0.4) is 0 Å². The van der Waals surface area contributed by atoms with E-state index in [4.69, 9.17) is 9.72 Å². The van der Waals surface area contributed by atoms with Crippen molar-refractivity contribution >= 4 is 38.5 Å². The molecule has 0 N–H and O–H groups in total. The second kappa shape index (κ2) is 5.15. The van der Waals surface area contributed by atoms with Crippen LogP contribution in [0.4, 0.5) is 0 Å². The molecule has 0 amide bonds. The first kappa shape index (κ1) is 16.8. The number of nitrogens with zero attached hydrogens (tertiary/aromatic N) is 4. The number of aromatic nitrogens is 4. The minimum absolute atomic E-state index is 0.566. The minimum atomic E-state index is -0.566. The first-order valence-corrected chi connectivity index (χ1v) is 11.9. The lowest BCUT2D eigenvalue weighted by molar-refractivity contribution is -0.940. The van der Waals surface area contributed by atoms with Crippen LogP contribution in [0, 0.1) is 0 Å². The monoisotopic (exact) mass is 448 g/mol. The highest BCUT2D eigenvalue weighted by Gasteiger charge is 2.68. The standard InChI is InChI=1S/C30H16N4O/c1-2-11-22-21(10-1)33-28-18(8-6-15-31-28)17-13-14-24-27-25(17)29(33)34(22)30(27)26-19(7-5-12-23(26)35-24)20-9-3-4-16-32(20)30/h1-16H/q+2. The van der Waals surface area contributed by atoms with Gasteiger partial charge in [-0.15, -0.1) is 9.13 Å². The first-order valence-electron chi connectivity index (χ1n) is 11.9. The van der Waals surface area contributed by atoms with E-state index < -0.39 is 5.66 Å². The third kappa shape index (κ3) is 1.52. The van der Waals surface area contributed by atoms with Gasteiger partial charge in [-0.1, -0.05) is 18.2 Å². The van der Waals surface area contributed by atoms with Crippen LogP contribution in [0.5, 0.6) is 11.5 Å². The van der Waals surface area contributed by atoms with Crippen molar-refractivity contribution in [3.8, 4) is 22.8 Å². The molecule has 1 atom stereocenters. The predicted molar refractivity (Wildman–Crippen MR) is 132 cm³/mol. The summed E-state index contributed by atoms with van der Waals surface area (Å²) < 4.78 is 14.0. The largest absolute Gasteiger partial charge is 0.456 e. The number of pyridine rings is 3. The molecule has 0 radical (unpaired) electrons. The molecule has 0 bridgehead atoms. The van der Waals surface area contributed by atoms with Gasteiger partial charge < -0.3 is 4.74 Å². The molecular formula is C30H16N4O+2. The molecule has 5 nitrogen and oxygen atoms in total. The van der Waals surface area contributed by atoms with E-state index in [0.717, 1.165) is 28.0 Å². The molecule has 0 saturated carbocycles. The van der Waals surface area contributed by atoms with E-state index in [1.165, 1.54) is 44.3 Å². The molecule has 7 heterocycles. The number of rotatable bonds is 0. The van der Waals surface area contributed by atoms with Crippen molar-refractivity contribution in [3.63, 3.8) is 0 Å². The van der Waals surface area contributed by atoms with Crippen molar-refractivity contribution < 1.29 is 13.9 Å². The van der Waals surface area contributed by atoms with Crippen LogP contribution < -0.4 is 13.9 Å². The Bertz CT molecular complexity index is 2160. The summed E-state index contributed by atoms with van der Waals surface area (Å²) in [6, 6.07) is 30.2. The summed E-state index contributed by atoms with van der Waals surface area (Å²) in [6.07, 6.45) is 4.12. The number of hydrogen-bond donors (Lipinski definition) is 0. The summed E-state index contributed by atoms with van der Waals surface area (Å²) in [5, 5.41) is 3.60. The molecule has 7 aromatic rings. The van der Waals surface area contributed by atoms with E-state index in [1.54, 1.807) is 0 Å². The summed E-state index contributed by atoms with van der Waals surface area (Å²) in [5.41, 5.74) is 8.77. The van der Waals surface area contributed by atoms with Crippen LogP contribution in [-0.4, -0.2) is 9.38 Å². The fourth-order valence-corrected chi connectivity index (χ4v) is 7.14. The fraction of sp³-hybridized carbons (Fsp3) is 0.0333. The van der Waals surface area contributed by atoms with Crippen LogP contribution in [0.1, 0.15) is 11.1 Å². The van der Waals surface area contributed by atoms with Crippen LogP contribution in [0.15, 0.2) is 97.3 Å². The zero-order chi connectivity index (χ0) is 22.5. The Morgan fingerprint density at radius 3 is 2.69 bits per heavy atom. The van der Waals surface area contributed by atoms with E-state index in [1.807, 2.05) is 12.3 Å². The first-order chi connectivity index (χ1) is 17.4. The maximum absolute atomic E-state index is 6.65. The molecule has 1 spiro atoms. The molecule has 35 heavy (non-hydrogen) atoms. The van der Waals surface area contributed by atoms with E-state index >= 15 is 0 Å². The Hall–Kier alpha value is -4.77. The van der Waals surface area contributed by atoms with Crippen molar-refractivity contribution in [3.05, 3.63) is 108 Å². The average Bonchev–Trinajstić information content (AvgIpc) is 3.53. The zero-order valence-electron chi connectivity index (χ0n) is 18.4. The van der Waals surface area contributed by atoms with Crippen molar-refractivity contribution in [2.45, 2.75) is 5.66 Å². The summed E-state index contributed by atoms with van der Waals surface area (Å²) in [6.45, 7) is 0. The molecule has 160 valence electrons. The average molecular weight is 448 g/mol. The van der Waals surface area contributed by atoms with Gasteiger partial charge >= 0.3 is 11.3 Å². The number of fused-ring (bicyclic) bond motifs is 8. The van der Waals surface area contributed by atoms with Gasteiger partial charge in [0.2, 0.25) is 11.3 Å². The molecule has 3 aliphatic rings.